The monoisotopic (exact) mass is 320 g/mol. The molecule has 6 nitrogen and oxygen atoms in total. The number of pyridine rings is 1. The number of aryl methyl sites for hydroxylation is 1. The van der Waals surface area contributed by atoms with Crippen molar-refractivity contribution in [1.29, 1.82) is 0 Å². The Balaban J connectivity index is 1.77. The number of rotatable bonds is 5. The minimum Gasteiger partial charge on any atom is -0.273 e. The number of aromatic nitrogens is 3. The zero-order valence-corrected chi connectivity index (χ0v) is 13.2. The summed E-state index contributed by atoms with van der Waals surface area (Å²) >= 11 is 0. The van der Waals surface area contributed by atoms with Gasteiger partial charge in [0.15, 0.2) is 0 Å². The van der Waals surface area contributed by atoms with E-state index in [1.807, 2.05) is 16.9 Å². The maximum absolute atomic E-state index is 12.8. The van der Waals surface area contributed by atoms with E-state index in [2.05, 4.69) is 10.1 Å². The van der Waals surface area contributed by atoms with E-state index in [9.17, 15) is 8.42 Å². The maximum Gasteiger partial charge on any atom is 0.244 e. The Morgan fingerprint density at radius 3 is 2.86 bits per heavy atom. The highest BCUT2D eigenvalue weighted by molar-refractivity contribution is 7.89. The summed E-state index contributed by atoms with van der Waals surface area (Å²) in [4.78, 5) is 4.22. The fraction of sp³-hybridized carbons (Fsp3) is 0.467. The Hall–Kier alpha value is -1.73. The minimum absolute atomic E-state index is 0.0307. The molecule has 1 aliphatic rings. The normalized spacial score (nSPS) is 20.1. The Morgan fingerprint density at radius 1 is 1.23 bits per heavy atom. The number of hydrogen-bond acceptors (Lipinski definition) is 4. The molecule has 0 saturated carbocycles. The molecule has 118 valence electrons. The molecular formula is C15H20N4O2S. The molecule has 1 atom stereocenters. The van der Waals surface area contributed by atoms with Crippen molar-refractivity contribution in [2.75, 3.05) is 6.54 Å². The van der Waals surface area contributed by atoms with E-state index in [0.29, 0.717) is 6.54 Å². The quantitative estimate of drug-likeness (QED) is 0.844. The second-order valence-electron chi connectivity index (χ2n) is 5.51. The SMILES string of the molecule is O=S(=O)(c1cccnc1)N1CCCC[C@@H]1CCn1cccn1. The fourth-order valence-electron chi connectivity index (χ4n) is 2.93. The highest BCUT2D eigenvalue weighted by Crippen LogP contribution is 2.27. The molecule has 7 heteroatoms. The number of nitrogens with zero attached hydrogens (tertiary/aromatic N) is 4. The molecular weight excluding hydrogens is 300 g/mol. The van der Waals surface area contributed by atoms with Crippen LogP contribution in [0.5, 0.6) is 0 Å². The zero-order valence-electron chi connectivity index (χ0n) is 12.4. The van der Waals surface area contributed by atoms with Gasteiger partial charge in [-0.05, 0) is 37.5 Å². The van der Waals surface area contributed by atoms with Crippen molar-refractivity contribution < 1.29 is 8.42 Å². The maximum atomic E-state index is 12.8. The molecule has 0 N–H and O–H groups in total. The van der Waals surface area contributed by atoms with Gasteiger partial charge in [0, 0.05) is 43.9 Å². The topological polar surface area (TPSA) is 68.1 Å². The molecule has 0 aromatic carbocycles. The van der Waals surface area contributed by atoms with Crippen molar-refractivity contribution in [3.8, 4) is 0 Å². The average molecular weight is 320 g/mol. The smallest absolute Gasteiger partial charge is 0.244 e. The molecule has 0 aliphatic carbocycles. The summed E-state index contributed by atoms with van der Waals surface area (Å²) < 4.78 is 29.1. The third kappa shape index (κ3) is 3.20. The lowest BCUT2D eigenvalue weighted by molar-refractivity contribution is 0.231. The van der Waals surface area contributed by atoms with Gasteiger partial charge in [0.2, 0.25) is 10.0 Å². The Morgan fingerprint density at radius 2 is 2.14 bits per heavy atom. The van der Waals surface area contributed by atoms with Gasteiger partial charge < -0.3 is 0 Å². The Labute approximate surface area is 130 Å². The third-order valence-corrected chi connectivity index (χ3v) is 6.00. The van der Waals surface area contributed by atoms with Crippen LogP contribution < -0.4 is 0 Å². The summed E-state index contributed by atoms with van der Waals surface area (Å²) in [5.74, 6) is 0. The number of hydrogen-bond donors (Lipinski definition) is 0. The summed E-state index contributed by atoms with van der Waals surface area (Å²) in [6.07, 6.45) is 10.3. The van der Waals surface area contributed by atoms with E-state index in [1.54, 1.807) is 28.8 Å². The second kappa shape index (κ2) is 6.58. The molecule has 1 saturated heterocycles. The van der Waals surface area contributed by atoms with Crippen LogP contribution in [-0.4, -0.2) is 40.1 Å². The molecule has 0 radical (unpaired) electrons. The van der Waals surface area contributed by atoms with Crippen LogP contribution in [0.25, 0.3) is 0 Å². The summed E-state index contributed by atoms with van der Waals surface area (Å²) in [6, 6.07) is 5.19. The minimum atomic E-state index is -3.46. The van der Waals surface area contributed by atoms with Crippen molar-refractivity contribution in [3.05, 3.63) is 43.0 Å². The van der Waals surface area contributed by atoms with Crippen molar-refractivity contribution in [3.63, 3.8) is 0 Å². The van der Waals surface area contributed by atoms with Gasteiger partial charge in [-0.1, -0.05) is 6.42 Å². The van der Waals surface area contributed by atoms with E-state index in [-0.39, 0.29) is 10.9 Å². The van der Waals surface area contributed by atoms with Crippen molar-refractivity contribution >= 4 is 10.0 Å². The molecule has 0 unspecified atom stereocenters. The second-order valence-corrected chi connectivity index (χ2v) is 7.40. The summed E-state index contributed by atoms with van der Waals surface area (Å²) in [6.45, 7) is 1.32. The van der Waals surface area contributed by atoms with E-state index >= 15 is 0 Å². The molecule has 3 heterocycles. The summed E-state index contributed by atoms with van der Waals surface area (Å²) in [5.41, 5.74) is 0. The first kappa shape index (κ1) is 15.2. The van der Waals surface area contributed by atoms with E-state index in [4.69, 9.17) is 0 Å². The van der Waals surface area contributed by atoms with Crippen molar-refractivity contribution in [2.45, 2.75) is 43.2 Å². The van der Waals surface area contributed by atoms with Crippen LogP contribution in [-0.2, 0) is 16.6 Å². The molecule has 1 aliphatic heterocycles. The summed E-state index contributed by atoms with van der Waals surface area (Å²) in [5, 5.41) is 4.18. The van der Waals surface area contributed by atoms with Gasteiger partial charge in [-0.2, -0.15) is 9.40 Å². The largest absolute Gasteiger partial charge is 0.273 e. The van der Waals surface area contributed by atoms with Gasteiger partial charge in [-0.15, -0.1) is 0 Å². The van der Waals surface area contributed by atoms with Crippen LogP contribution in [0.1, 0.15) is 25.7 Å². The predicted octanol–water partition coefficient (Wildman–Crippen LogP) is 1.91. The van der Waals surface area contributed by atoms with Crippen LogP contribution in [0, 0.1) is 0 Å². The van der Waals surface area contributed by atoms with Gasteiger partial charge in [-0.3, -0.25) is 9.67 Å². The lowest BCUT2D eigenvalue weighted by Gasteiger charge is -2.34. The lowest BCUT2D eigenvalue weighted by Crippen LogP contribution is -2.44. The van der Waals surface area contributed by atoms with Crippen LogP contribution >= 0.6 is 0 Å². The van der Waals surface area contributed by atoms with Crippen molar-refractivity contribution in [2.24, 2.45) is 0 Å². The van der Waals surface area contributed by atoms with Gasteiger partial charge in [0.1, 0.15) is 4.90 Å². The fourth-order valence-corrected chi connectivity index (χ4v) is 4.62. The molecule has 2 aromatic rings. The Kier molecular flexibility index (Phi) is 4.54. The highest BCUT2D eigenvalue weighted by atomic mass is 32.2. The molecule has 1 fully saturated rings. The van der Waals surface area contributed by atoms with Crippen LogP contribution in [0.4, 0.5) is 0 Å². The number of sulfonamides is 1. The zero-order chi connectivity index (χ0) is 15.4. The molecule has 0 amide bonds. The van der Waals surface area contributed by atoms with Gasteiger partial charge >= 0.3 is 0 Å². The third-order valence-electron chi connectivity index (χ3n) is 4.06. The van der Waals surface area contributed by atoms with E-state index < -0.39 is 10.0 Å². The number of piperidine rings is 1. The van der Waals surface area contributed by atoms with E-state index in [1.165, 1.54) is 6.20 Å². The average Bonchev–Trinajstić information content (AvgIpc) is 3.07. The van der Waals surface area contributed by atoms with E-state index in [0.717, 1.165) is 32.2 Å². The predicted molar refractivity (Wildman–Crippen MR) is 82.6 cm³/mol. The van der Waals surface area contributed by atoms with Gasteiger partial charge in [0.25, 0.3) is 0 Å². The van der Waals surface area contributed by atoms with Gasteiger partial charge in [0.05, 0.1) is 0 Å². The molecule has 0 bridgehead atoms. The van der Waals surface area contributed by atoms with Crippen LogP contribution in [0.2, 0.25) is 0 Å². The van der Waals surface area contributed by atoms with Crippen LogP contribution in [0.3, 0.4) is 0 Å². The highest BCUT2D eigenvalue weighted by Gasteiger charge is 2.33. The first-order chi connectivity index (χ1) is 10.7. The molecule has 0 spiro atoms. The summed E-state index contributed by atoms with van der Waals surface area (Å²) in [7, 11) is -3.46. The Bertz CT molecular complexity index is 686. The van der Waals surface area contributed by atoms with Crippen molar-refractivity contribution in [1.82, 2.24) is 19.1 Å². The van der Waals surface area contributed by atoms with Gasteiger partial charge in [-0.25, -0.2) is 8.42 Å². The van der Waals surface area contributed by atoms with Crippen LogP contribution in [0.15, 0.2) is 47.9 Å². The molecule has 3 rings (SSSR count). The first-order valence-electron chi connectivity index (χ1n) is 7.57. The molecule has 22 heavy (non-hydrogen) atoms. The standard InChI is InChI=1S/C15H20N4O2S/c20-22(21,15-6-3-8-16-13-15)19-11-2-1-5-14(19)7-12-18-10-4-9-17-18/h3-4,6,8-10,13-14H,1-2,5,7,11-12H2/t14-/m1/s1. The first-order valence-corrected chi connectivity index (χ1v) is 9.01. The molecule has 2 aromatic heterocycles. The lowest BCUT2D eigenvalue weighted by atomic mass is 10.0.